The number of hydrogen-bond donors (Lipinski definition) is 0. The lowest BCUT2D eigenvalue weighted by atomic mass is 9.96. The Morgan fingerprint density at radius 3 is 2.44 bits per heavy atom. The molecule has 1 fully saturated rings. The second-order valence-corrected chi connectivity index (χ2v) is 7.31. The molecule has 1 heterocycles. The minimum Gasteiger partial charge on any atom is -0.478 e. The lowest BCUT2D eigenvalue weighted by molar-refractivity contribution is -0.147. The van der Waals surface area contributed by atoms with Crippen LogP contribution in [0.2, 0.25) is 5.02 Å². The molecule has 1 aromatic rings. The van der Waals surface area contributed by atoms with E-state index in [1.807, 2.05) is 18.7 Å². The first-order valence-corrected chi connectivity index (χ1v) is 9.11. The highest BCUT2D eigenvalue weighted by molar-refractivity contribution is 6.30. The van der Waals surface area contributed by atoms with E-state index < -0.39 is 5.60 Å². The quantitative estimate of drug-likeness (QED) is 0.659. The van der Waals surface area contributed by atoms with Gasteiger partial charge >= 0.3 is 0 Å². The molecule has 0 unspecified atom stereocenters. The molecule has 0 atom stereocenters. The molecule has 25 heavy (non-hydrogen) atoms. The van der Waals surface area contributed by atoms with Crippen LogP contribution in [-0.2, 0) is 14.3 Å². The normalized spacial score (nSPS) is 16.1. The number of piperidine rings is 1. The molecule has 0 saturated carbocycles. The monoisotopic (exact) mass is 369 g/mol. The third kappa shape index (κ3) is 6.17. The van der Waals surface area contributed by atoms with Crippen LogP contribution in [0.5, 0.6) is 5.75 Å². The van der Waals surface area contributed by atoms with E-state index in [1.165, 1.54) is 0 Å². The van der Waals surface area contributed by atoms with Crippen molar-refractivity contribution in [2.24, 2.45) is 5.92 Å². The lowest BCUT2D eigenvalue weighted by Crippen LogP contribution is -2.51. The Balaban J connectivity index is 1.81. The van der Waals surface area contributed by atoms with Gasteiger partial charge in [-0.25, -0.2) is 0 Å². The fraction of sp³-hybridized carbons (Fsp3) is 0.632. The van der Waals surface area contributed by atoms with Crippen LogP contribution in [0, 0.1) is 5.92 Å². The number of halogens is 1. The van der Waals surface area contributed by atoms with E-state index in [9.17, 15) is 4.79 Å². The molecular formula is C19H28ClNO4. The summed E-state index contributed by atoms with van der Waals surface area (Å²) in [6.07, 6.45) is 1.91. The van der Waals surface area contributed by atoms with Crippen LogP contribution in [-0.4, -0.2) is 56.4 Å². The molecule has 5 nitrogen and oxygen atoms in total. The Bertz CT molecular complexity index is 539. The van der Waals surface area contributed by atoms with Crippen molar-refractivity contribution < 1.29 is 19.0 Å². The standard InChI is InChI=1S/C19H28ClNO4/c1-19(2,25-17-6-4-16(20)5-7-17)18(22)21-10-8-15(9-11-21)14-24-13-12-23-3/h4-7,15H,8-14H2,1-3H3. The van der Waals surface area contributed by atoms with Gasteiger partial charge in [-0.1, -0.05) is 11.6 Å². The van der Waals surface area contributed by atoms with E-state index in [0.717, 1.165) is 32.5 Å². The number of benzene rings is 1. The minimum absolute atomic E-state index is 0.0150. The molecule has 0 aromatic heterocycles. The van der Waals surface area contributed by atoms with Gasteiger partial charge in [-0.15, -0.1) is 0 Å². The topological polar surface area (TPSA) is 48.0 Å². The van der Waals surface area contributed by atoms with Gasteiger partial charge in [0.2, 0.25) is 0 Å². The summed E-state index contributed by atoms with van der Waals surface area (Å²) in [5.41, 5.74) is -0.907. The van der Waals surface area contributed by atoms with Gasteiger partial charge < -0.3 is 19.1 Å². The average Bonchev–Trinajstić information content (AvgIpc) is 2.60. The summed E-state index contributed by atoms with van der Waals surface area (Å²) in [5, 5.41) is 0.645. The van der Waals surface area contributed by atoms with Crippen molar-refractivity contribution in [3.05, 3.63) is 29.3 Å². The van der Waals surface area contributed by atoms with Gasteiger partial charge in [-0.2, -0.15) is 0 Å². The smallest absolute Gasteiger partial charge is 0.266 e. The van der Waals surface area contributed by atoms with Gasteiger partial charge in [0.15, 0.2) is 5.60 Å². The number of carbonyl (C=O) groups is 1. The average molecular weight is 370 g/mol. The molecule has 0 radical (unpaired) electrons. The molecule has 1 aromatic carbocycles. The fourth-order valence-electron chi connectivity index (χ4n) is 2.92. The van der Waals surface area contributed by atoms with E-state index in [-0.39, 0.29) is 5.91 Å². The van der Waals surface area contributed by atoms with Crippen molar-refractivity contribution in [2.75, 3.05) is 40.0 Å². The highest BCUT2D eigenvalue weighted by Gasteiger charge is 2.36. The van der Waals surface area contributed by atoms with Crippen molar-refractivity contribution in [1.82, 2.24) is 4.90 Å². The van der Waals surface area contributed by atoms with Gasteiger partial charge in [0.1, 0.15) is 5.75 Å². The van der Waals surface area contributed by atoms with E-state index in [4.69, 9.17) is 25.8 Å². The van der Waals surface area contributed by atoms with Crippen molar-refractivity contribution >= 4 is 17.5 Å². The lowest BCUT2D eigenvalue weighted by Gasteiger charge is -2.37. The number of likely N-dealkylation sites (tertiary alicyclic amines) is 1. The van der Waals surface area contributed by atoms with Gasteiger partial charge in [-0.05, 0) is 56.9 Å². The second-order valence-electron chi connectivity index (χ2n) is 6.87. The van der Waals surface area contributed by atoms with E-state index in [2.05, 4.69) is 0 Å². The van der Waals surface area contributed by atoms with Crippen LogP contribution < -0.4 is 4.74 Å². The third-order valence-electron chi connectivity index (χ3n) is 4.39. The summed E-state index contributed by atoms with van der Waals surface area (Å²) in [5.74, 6) is 1.16. The number of rotatable bonds is 8. The molecule has 2 rings (SSSR count). The van der Waals surface area contributed by atoms with Crippen molar-refractivity contribution in [3.63, 3.8) is 0 Å². The van der Waals surface area contributed by atoms with E-state index in [1.54, 1.807) is 31.4 Å². The number of hydrogen-bond acceptors (Lipinski definition) is 4. The maximum absolute atomic E-state index is 12.8. The van der Waals surface area contributed by atoms with Crippen molar-refractivity contribution in [2.45, 2.75) is 32.3 Å². The minimum atomic E-state index is -0.907. The highest BCUT2D eigenvalue weighted by atomic mass is 35.5. The Labute approximate surface area is 155 Å². The van der Waals surface area contributed by atoms with Crippen LogP contribution in [0.1, 0.15) is 26.7 Å². The van der Waals surface area contributed by atoms with E-state index in [0.29, 0.717) is 29.9 Å². The van der Waals surface area contributed by atoms with Crippen molar-refractivity contribution in [3.8, 4) is 5.75 Å². The molecule has 0 N–H and O–H groups in total. The first kappa shape index (κ1) is 20.0. The molecule has 1 aliphatic heterocycles. The van der Waals surface area contributed by atoms with Crippen LogP contribution >= 0.6 is 11.6 Å². The van der Waals surface area contributed by atoms with Crippen LogP contribution in [0.15, 0.2) is 24.3 Å². The van der Waals surface area contributed by atoms with Gasteiger partial charge in [0.05, 0.1) is 13.2 Å². The Morgan fingerprint density at radius 2 is 1.84 bits per heavy atom. The number of carbonyl (C=O) groups excluding carboxylic acids is 1. The number of methoxy groups -OCH3 is 1. The van der Waals surface area contributed by atoms with E-state index >= 15 is 0 Å². The fourth-order valence-corrected chi connectivity index (χ4v) is 3.04. The maximum Gasteiger partial charge on any atom is 0.266 e. The van der Waals surface area contributed by atoms with Gasteiger partial charge in [-0.3, -0.25) is 4.79 Å². The second kappa shape index (κ2) is 9.41. The van der Waals surface area contributed by atoms with Crippen LogP contribution in [0.4, 0.5) is 0 Å². The molecule has 0 bridgehead atoms. The van der Waals surface area contributed by atoms with Crippen molar-refractivity contribution in [1.29, 1.82) is 0 Å². The SMILES string of the molecule is COCCOCC1CCN(C(=O)C(C)(C)Oc2ccc(Cl)cc2)CC1. The zero-order valence-corrected chi connectivity index (χ0v) is 16.1. The summed E-state index contributed by atoms with van der Waals surface area (Å²) in [4.78, 5) is 14.7. The Morgan fingerprint density at radius 1 is 1.20 bits per heavy atom. The summed E-state index contributed by atoms with van der Waals surface area (Å²) >= 11 is 5.89. The first-order chi connectivity index (χ1) is 11.9. The predicted octanol–water partition coefficient (Wildman–Crippen LogP) is 3.40. The zero-order valence-electron chi connectivity index (χ0n) is 15.3. The largest absolute Gasteiger partial charge is 0.478 e. The molecule has 1 amide bonds. The predicted molar refractivity (Wildman–Crippen MR) is 98.2 cm³/mol. The summed E-state index contributed by atoms with van der Waals surface area (Å²) in [6, 6.07) is 7.07. The Kier molecular flexibility index (Phi) is 7.54. The number of nitrogens with zero attached hydrogens (tertiary/aromatic N) is 1. The molecule has 0 aliphatic carbocycles. The van der Waals surface area contributed by atoms with Gasteiger partial charge in [0.25, 0.3) is 5.91 Å². The van der Waals surface area contributed by atoms with Gasteiger partial charge in [0, 0.05) is 31.8 Å². The molecule has 6 heteroatoms. The summed E-state index contributed by atoms with van der Waals surface area (Å²) in [7, 11) is 1.67. The summed E-state index contributed by atoms with van der Waals surface area (Å²) in [6.45, 7) is 7.07. The number of amides is 1. The maximum atomic E-state index is 12.8. The zero-order chi connectivity index (χ0) is 18.3. The molecule has 1 aliphatic rings. The first-order valence-electron chi connectivity index (χ1n) is 8.73. The van der Waals surface area contributed by atoms with Crippen LogP contribution in [0.3, 0.4) is 0 Å². The summed E-state index contributed by atoms with van der Waals surface area (Å²) < 4.78 is 16.5. The molecule has 140 valence electrons. The third-order valence-corrected chi connectivity index (χ3v) is 4.64. The molecular weight excluding hydrogens is 342 g/mol. The molecule has 0 spiro atoms. The molecule has 1 saturated heterocycles. The highest BCUT2D eigenvalue weighted by Crippen LogP contribution is 2.25. The van der Waals surface area contributed by atoms with Crippen LogP contribution in [0.25, 0.3) is 0 Å². The number of ether oxygens (including phenoxy) is 3. The Hall–Kier alpha value is -1.30.